The fraction of sp³-hybridized carbons (Fsp3) is 0.611. The number of rotatable bonds is 4. The first-order valence-electron chi connectivity index (χ1n) is 8.89. The molecule has 2 aliphatic rings. The van der Waals surface area contributed by atoms with E-state index in [0.717, 1.165) is 32.0 Å². The summed E-state index contributed by atoms with van der Waals surface area (Å²) in [6, 6.07) is 3.22. The summed E-state index contributed by atoms with van der Waals surface area (Å²) in [5.41, 5.74) is -0.303. The van der Waals surface area contributed by atoms with Crippen LogP contribution < -0.4 is 5.56 Å². The van der Waals surface area contributed by atoms with Crippen LogP contribution in [0, 0.1) is 6.42 Å². The summed E-state index contributed by atoms with van der Waals surface area (Å²) in [7, 11) is 0. The van der Waals surface area contributed by atoms with Gasteiger partial charge in [0.2, 0.25) is 5.91 Å². The van der Waals surface area contributed by atoms with E-state index in [9.17, 15) is 14.7 Å². The number of piperidine rings is 2. The van der Waals surface area contributed by atoms with Gasteiger partial charge in [-0.1, -0.05) is 6.42 Å². The highest BCUT2D eigenvalue weighted by Crippen LogP contribution is 2.21. The molecular formula is C18H26N3O3. The Balaban J connectivity index is 1.45. The van der Waals surface area contributed by atoms with Crippen molar-refractivity contribution in [3.05, 3.63) is 35.1 Å². The minimum absolute atomic E-state index is 0.00734. The summed E-state index contributed by atoms with van der Waals surface area (Å²) >= 11 is 0. The van der Waals surface area contributed by atoms with Crippen molar-refractivity contribution in [2.24, 2.45) is 0 Å². The number of aromatic nitrogens is 1. The Labute approximate surface area is 142 Å². The first kappa shape index (κ1) is 17.0. The van der Waals surface area contributed by atoms with E-state index in [2.05, 4.69) is 4.90 Å². The SMILES string of the molecule is O=C([CH]Cn1ccc(O)cc1=O)N1CCC(N2CCCCC2)CC1. The average Bonchev–Trinajstić information content (AvgIpc) is 2.62. The van der Waals surface area contributed by atoms with Crippen molar-refractivity contribution in [3.63, 3.8) is 0 Å². The van der Waals surface area contributed by atoms with Gasteiger partial charge in [-0.15, -0.1) is 0 Å². The van der Waals surface area contributed by atoms with Gasteiger partial charge in [-0.05, 0) is 44.8 Å². The van der Waals surface area contributed by atoms with E-state index >= 15 is 0 Å². The Bertz CT molecular complexity index is 614. The molecule has 0 saturated carbocycles. The summed E-state index contributed by atoms with van der Waals surface area (Å²) in [6.07, 6.45) is 9.09. The van der Waals surface area contributed by atoms with Crippen molar-refractivity contribution in [1.82, 2.24) is 14.4 Å². The number of amides is 1. The van der Waals surface area contributed by atoms with Crippen molar-refractivity contribution >= 4 is 5.91 Å². The first-order valence-corrected chi connectivity index (χ1v) is 8.89. The number of pyridine rings is 1. The summed E-state index contributed by atoms with van der Waals surface area (Å²) in [6.45, 7) is 4.23. The van der Waals surface area contributed by atoms with Crippen LogP contribution in [-0.2, 0) is 11.3 Å². The maximum atomic E-state index is 12.3. The van der Waals surface area contributed by atoms with Crippen molar-refractivity contribution in [1.29, 1.82) is 0 Å². The molecule has 24 heavy (non-hydrogen) atoms. The molecule has 6 heteroatoms. The highest BCUT2D eigenvalue weighted by atomic mass is 16.3. The summed E-state index contributed by atoms with van der Waals surface area (Å²) in [5.74, 6) is -0.0607. The molecule has 2 fully saturated rings. The summed E-state index contributed by atoms with van der Waals surface area (Å²) in [4.78, 5) is 28.5. The molecular weight excluding hydrogens is 306 g/mol. The number of carbonyl (C=O) groups is 1. The third kappa shape index (κ3) is 4.17. The normalized spacial score (nSPS) is 20.2. The fourth-order valence-corrected chi connectivity index (χ4v) is 3.69. The van der Waals surface area contributed by atoms with Crippen LogP contribution in [0.3, 0.4) is 0 Å². The number of nitrogens with zero attached hydrogens (tertiary/aromatic N) is 3. The molecule has 1 aromatic heterocycles. The number of aromatic hydroxyl groups is 1. The second-order valence-corrected chi connectivity index (χ2v) is 6.73. The number of hydrogen-bond acceptors (Lipinski definition) is 4. The van der Waals surface area contributed by atoms with Crippen LogP contribution in [0.25, 0.3) is 0 Å². The van der Waals surface area contributed by atoms with Gasteiger partial charge in [0.25, 0.3) is 5.56 Å². The third-order valence-corrected chi connectivity index (χ3v) is 5.13. The molecule has 0 aromatic carbocycles. The van der Waals surface area contributed by atoms with Crippen LogP contribution in [0.15, 0.2) is 23.1 Å². The molecule has 6 nitrogen and oxygen atoms in total. The third-order valence-electron chi connectivity index (χ3n) is 5.13. The van der Waals surface area contributed by atoms with Crippen LogP contribution in [0.4, 0.5) is 0 Å². The predicted octanol–water partition coefficient (Wildman–Crippen LogP) is 1.24. The zero-order chi connectivity index (χ0) is 16.9. The zero-order valence-electron chi connectivity index (χ0n) is 14.1. The van der Waals surface area contributed by atoms with E-state index in [1.807, 2.05) is 4.90 Å². The van der Waals surface area contributed by atoms with Crippen LogP contribution in [0.1, 0.15) is 32.1 Å². The maximum absolute atomic E-state index is 12.3. The monoisotopic (exact) mass is 332 g/mol. The molecule has 2 saturated heterocycles. The van der Waals surface area contributed by atoms with E-state index < -0.39 is 0 Å². The Kier molecular flexibility index (Phi) is 5.56. The summed E-state index contributed by atoms with van der Waals surface area (Å²) in [5, 5.41) is 9.25. The molecule has 1 N–H and O–H groups in total. The van der Waals surface area contributed by atoms with Gasteiger partial charge in [-0.25, -0.2) is 0 Å². The van der Waals surface area contributed by atoms with Crippen molar-refractivity contribution in [3.8, 4) is 5.75 Å². The van der Waals surface area contributed by atoms with Crippen molar-refractivity contribution < 1.29 is 9.90 Å². The molecule has 0 bridgehead atoms. The Hall–Kier alpha value is -1.82. The van der Waals surface area contributed by atoms with Crippen molar-refractivity contribution in [2.75, 3.05) is 26.2 Å². The molecule has 1 amide bonds. The van der Waals surface area contributed by atoms with Gasteiger partial charge in [0.15, 0.2) is 0 Å². The van der Waals surface area contributed by atoms with Gasteiger partial charge in [0.05, 0.1) is 6.42 Å². The van der Waals surface area contributed by atoms with Crippen LogP contribution >= 0.6 is 0 Å². The predicted molar refractivity (Wildman–Crippen MR) is 91.7 cm³/mol. The van der Waals surface area contributed by atoms with Crippen LogP contribution in [0.5, 0.6) is 5.75 Å². The maximum Gasteiger partial charge on any atom is 0.254 e. The molecule has 3 heterocycles. The molecule has 131 valence electrons. The lowest BCUT2D eigenvalue weighted by Crippen LogP contribution is -2.48. The smallest absolute Gasteiger partial charge is 0.254 e. The molecule has 0 spiro atoms. The average molecular weight is 332 g/mol. The van der Waals surface area contributed by atoms with E-state index in [4.69, 9.17) is 0 Å². The lowest BCUT2D eigenvalue weighted by Gasteiger charge is -2.40. The van der Waals surface area contributed by atoms with E-state index in [1.54, 1.807) is 6.42 Å². The van der Waals surface area contributed by atoms with Gasteiger partial charge in [0.1, 0.15) is 5.75 Å². The lowest BCUT2D eigenvalue weighted by molar-refractivity contribution is -0.129. The highest BCUT2D eigenvalue weighted by molar-refractivity contribution is 5.84. The lowest BCUT2D eigenvalue weighted by atomic mass is 10.00. The molecule has 1 aromatic rings. The number of likely N-dealkylation sites (tertiary alicyclic amines) is 2. The number of hydrogen-bond donors (Lipinski definition) is 1. The summed E-state index contributed by atoms with van der Waals surface area (Å²) < 4.78 is 1.41. The minimum atomic E-state index is -0.303. The minimum Gasteiger partial charge on any atom is -0.508 e. The van der Waals surface area contributed by atoms with E-state index in [1.165, 1.54) is 49.2 Å². The van der Waals surface area contributed by atoms with Gasteiger partial charge in [0, 0.05) is 37.9 Å². The molecule has 0 aliphatic carbocycles. The van der Waals surface area contributed by atoms with Crippen molar-refractivity contribution in [2.45, 2.75) is 44.7 Å². The molecule has 3 rings (SSSR count). The van der Waals surface area contributed by atoms with Gasteiger partial charge in [-0.3, -0.25) is 9.59 Å². The fourth-order valence-electron chi connectivity index (χ4n) is 3.69. The van der Waals surface area contributed by atoms with Crippen LogP contribution in [-0.4, -0.2) is 57.6 Å². The van der Waals surface area contributed by atoms with Gasteiger partial charge in [-0.2, -0.15) is 0 Å². The zero-order valence-corrected chi connectivity index (χ0v) is 14.1. The largest absolute Gasteiger partial charge is 0.508 e. The molecule has 2 aliphatic heterocycles. The Morgan fingerprint density at radius 2 is 1.88 bits per heavy atom. The van der Waals surface area contributed by atoms with Gasteiger partial charge < -0.3 is 19.5 Å². The number of carbonyl (C=O) groups excluding carboxylic acids is 1. The quantitative estimate of drug-likeness (QED) is 0.901. The molecule has 1 radical (unpaired) electrons. The second kappa shape index (κ2) is 7.83. The Morgan fingerprint density at radius 1 is 1.17 bits per heavy atom. The molecule has 0 atom stereocenters. The van der Waals surface area contributed by atoms with Gasteiger partial charge >= 0.3 is 0 Å². The van der Waals surface area contributed by atoms with E-state index in [-0.39, 0.29) is 23.8 Å². The molecule has 0 unspecified atom stereocenters. The first-order chi connectivity index (χ1) is 11.6. The van der Waals surface area contributed by atoms with E-state index in [0.29, 0.717) is 6.04 Å². The highest BCUT2D eigenvalue weighted by Gasteiger charge is 2.27. The second-order valence-electron chi connectivity index (χ2n) is 6.73. The standard InChI is InChI=1S/C18H26N3O3/c22-16-6-12-21(18(24)14-16)13-7-17(23)20-10-4-15(5-11-20)19-8-2-1-3-9-19/h6-7,12,14-15,22H,1-5,8-11,13H2. The van der Waals surface area contributed by atoms with Crippen LogP contribution in [0.2, 0.25) is 0 Å². The Morgan fingerprint density at radius 3 is 2.54 bits per heavy atom. The topological polar surface area (TPSA) is 65.8 Å².